The number of rotatable bonds is 6. The van der Waals surface area contributed by atoms with Gasteiger partial charge in [-0.1, -0.05) is 12.1 Å². The number of hydrogen-bond acceptors (Lipinski definition) is 6. The lowest BCUT2D eigenvalue weighted by Crippen LogP contribution is -2.08. The van der Waals surface area contributed by atoms with Crippen molar-refractivity contribution in [3.8, 4) is 0 Å². The van der Waals surface area contributed by atoms with Gasteiger partial charge in [0, 0.05) is 17.3 Å². The fraction of sp³-hybridized carbons (Fsp3) is 0.167. The van der Waals surface area contributed by atoms with Crippen LogP contribution < -0.4 is 5.32 Å². The Morgan fingerprint density at radius 1 is 1.18 bits per heavy atom. The lowest BCUT2D eigenvalue weighted by Gasteiger charge is -2.10. The molecule has 0 saturated carbocycles. The molecule has 166 valence electrons. The summed E-state index contributed by atoms with van der Waals surface area (Å²) in [7, 11) is 0. The Morgan fingerprint density at radius 3 is 2.88 bits per heavy atom. The topological polar surface area (TPSA) is 86.3 Å². The number of ether oxygens (including phenoxy) is 1. The van der Waals surface area contributed by atoms with Crippen molar-refractivity contribution in [3.63, 3.8) is 0 Å². The molecule has 0 aliphatic carbocycles. The highest BCUT2D eigenvalue weighted by Crippen LogP contribution is 2.28. The molecule has 8 nitrogen and oxygen atoms in total. The summed E-state index contributed by atoms with van der Waals surface area (Å²) in [5, 5.41) is 12.9. The van der Waals surface area contributed by atoms with Gasteiger partial charge in [-0.25, -0.2) is 18.7 Å². The number of anilines is 2. The minimum absolute atomic E-state index is 0.269. The van der Waals surface area contributed by atoms with Gasteiger partial charge in [-0.15, -0.1) is 0 Å². The Morgan fingerprint density at radius 2 is 2.06 bits per heavy atom. The van der Waals surface area contributed by atoms with E-state index in [2.05, 4.69) is 20.5 Å². The molecular formula is C24H21FN6O2. The van der Waals surface area contributed by atoms with Crippen molar-refractivity contribution in [1.29, 1.82) is 0 Å². The van der Waals surface area contributed by atoms with E-state index in [4.69, 9.17) is 4.74 Å². The van der Waals surface area contributed by atoms with Crippen molar-refractivity contribution in [2.75, 3.05) is 11.9 Å². The zero-order chi connectivity index (χ0) is 22.9. The summed E-state index contributed by atoms with van der Waals surface area (Å²) in [5.41, 5.74) is 4.27. The molecule has 3 heterocycles. The fourth-order valence-corrected chi connectivity index (χ4v) is 3.92. The number of esters is 1. The maximum absolute atomic E-state index is 13.5. The second-order valence-corrected chi connectivity index (χ2v) is 7.64. The molecule has 0 aliphatic rings. The Hall–Kier alpha value is -4.27. The van der Waals surface area contributed by atoms with E-state index < -0.39 is 5.97 Å². The summed E-state index contributed by atoms with van der Waals surface area (Å²) in [6.45, 7) is 4.35. The Bertz CT molecular complexity index is 1490. The van der Waals surface area contributed by atoms with E-state index in [0.29, 0.717) is 23.4 Å². The normalized spacial score (nSPS) is 11.2. The number of hydrogen-bond donors (Lipinski definition) is 1. The zero-order valence-electron chi connectivity index (χ0n) is 18.1. The monoisotopic (exact) mass is 444 g/mol. The van der Waals surface area contributed by atoms with Gasteiger partial charge in [0.05, 0.1) is 30.4 Å². The van der Waals surface area contributed by atoms with Crippen molar-refractivity contribution in [1.82, 2.24) is 24.4 Å². The molecule has 0 radical (unpaired) electrons. The predicted molar refractivity (Wildman–Crippen MR) is 122 cm³/mol. The summed E-state index contributed by atoms with van der Waals surface area (Å²) < 4.78 is 22.2. The summed E-state index contributed by atoms with van der Waals surface area (Å²) in [6.07, 6.45) is 4.97. The maximum Gasteiger partial charge on any atom is 0.340 e. The van der Waals surface area contributed by atoms with Crippen LogP contribution in [0.1, 0.15) is 28.4 Å². The maximum atomic E-state index is 13.5. The molecule has 3 aromatic heterocycles. The second kappa shape index (κ2) is 8.34. The van der Waals surface area contributed by atoms with E-state index >= 15 is 0 Å². The third-order valence-electron chi connectivity index (χ3n) is 5.37. The first kappa shape index (κ1) is 20.6. The van der Waals surface area contributed by atoms with Crippen LogP contribution in [0.25, 0.3) is 16.4 Å². The molecule has 0 spiro atoms. The highest BCUT2D eigenvalue weighted by Gasteiger charge is 2.21. The first-order valence-electron chi connectivity index (χ1n) is 10.5. The Balaban J connectivity index is 1.48. The smallest absolute Gasteiger partial charge is 0.340 e. The largest absolute Gasteiger partial charge is 0.462 e. The molecule has 9 heteroatoms. The number of aryl methyl sites for hydroxylation is 1. The molecule has 5 aromatic rings. The van der Waals surface area contributed by atoms with E-state index in [1.54, 1.807) is 29.9 Å². The minimum Gasteiger partial charge on any atom is -0.462 e. The summed E-state index contributed by atoms with van der Waals surface area (Å²) in [5.74, 6) is -0.188. The molecule has 0 unspecified atom stereocenters. The van der Waals surface area contributed by atoms with Gasteiger partial charge in [-0.05, 0) is 55.3 Å². The first-order valence-corrected chi connectivity index (χ1v) is 10.5. The van der Waals surface area contributed by atoms with Gasteiger partial charge in [0.1, 0.15) is 17.7 Å². The number of carbonyl (C=O) groups is 1. The molecule has 0 fully saturated rings. The number of aromatic nitrogens is 5. The molecule has 0 saturated heterocycles. The van der Waals surface area contributed by atoms with Crippen LogP contribution in [-0.4, -0.2) is 37.0 Å². The predicted octanol–water partition coefficient (Wildman–Crippen LogP) is 4.50. The van der Waals surface area contributed by atoms with Gasteiger partial charge < -0.3 is 10.1 Å². The minimum atomic E-state index is -0.413. The quantitative estimate of drug-likeness (QED) is 0.388. The highest BCUT2D eigenvalue weighted by molar-refractivity contribution is 6.02. The number of benzene rings is 2. The van der Waals surface area contributed by atoms with Crippen molar-refractivity contribution >= 4 is 33.9 Å². The van der Waals surface area contributed by atoms with Crippen LogP contribution in [0.5, 0.6) is 0 Å². The van der Waals surface area contributed by atoms with E-state index in [1.807, 2.05) is 35.9 Å². The lowest BCUT2D eigenvalue weighted by atomic mass is 10.2. The van der Waals surface area contributed by atoms with Gasteiger partial charge >= 0.3 is 5.97 Å². The van der Waals surface area contributed by atoms with Crippen LogP contribution in [-0.2, 0) is 11.3 Å². The van der Waals surface area contributed by atoms with Gasteiger partial charge in [-0.3, -0.25) is 4.68 Å². The van der Waals surface area contributed by atoms with E-state index in [-0.39, 0.29) is 12.4 Å². The molecule has 0 amide bonds. The Kier molecular flexibility index (Phi) is 5.21. The van der Waals surface area contributed by atoms with E-state index in [1.165, 1.54) is 18.5 Å². The number of halogens is 1. The van der Waals surface area contributed by atoms with Crippen molar-refractivity contribution in [3.05, 3.63) is 83.7 Å². The van der Waals surface area contributed by atoms with Crippen LogP contribution >= 0.6 is 0 Å². The van der Waals surface area contributed by atoms with Crippen LogP contribution in [0.2, 0.25) is 0 Å². The van der Waals surface area contributed by atoms with Crippen LogP contribution in [0.4, 0.5) is 15.9 Å². The van der Waals surface area contributed by atoms with Crippen LogP contribution in [0, 0.1) is 12.7 Å². The number of fused-ring (bicyclic) bond motifs is 2. The molecule has 1 N–H and O–H groups in total. The fourth-order valence-electron chi connectivity index (χ4n) is 3.92. The van der Waals surface area contributed by atoms with Crippen LogP contribution in [0.3, 0.4) is 0 Å². The average molecular weight is 444 g/mol. The lowest BCUT2D eigenvalue weighted by molar-refractivity contribution is 0.0528. The summed E-state index contributed by atoms with van der Waals surface area (Å²) in [6, 6.07) is 12.3. The number of nitrogens with zero attached hydrogens (tertiary/aromatic N) is 5. The van der Waals surface area contributed by atoms with Crippen molar-refractivity contribution in [2.45, 2.75) is 20.4 Å². The summed E-state index contributed by atoms with van der Waals surface area (Å²) >= 11 is 0. The third-order valence-corrected chi connectivity index (χ3v) is 5.37. The molecular weight excluding hydrogens is 423 g/mol. The standard InChI is InChI=1S/C24H21FN6O2/c1-3-33-24(32)21-15(2)12-31-22(21)23(26-14-28-31)29-19-7-8-20-17(10-19)11-27-30(20)13-16-5-4-6-18(25)9-16/h4-12,14H,3,13H2,1-2H3,(H,26,28,29). The first-order chi connectivity index (χ1) is 16.0. The third kappa shape index (κ3) is 3.89. The number of carbonyl (C=O) groups excluding carboxylic acids is 1. The van der Waals surface area contributed by atoms with Crippen LogP contribution in [0.15, 0.2) is 61.2 Å². The average Bonchev–Trinajstić information content (AvgIpc) is 3.34. The Labute approximate surface area is 188 Å². The second-order valence-electron chi connectivity index (χ2n) is 7.64. The van der Waals surface area contributed by atoms with Gasteiger partial charge in [-0.2, -0.15) is 10.2 Å². The molecule has 0 atom stereocenters. The van der Waals surface area contributed by atoms with Crippen molar-refractivity contribution in [2.24, 2.45) is 0 Å². The zero-order valence-corrected chi connectivity index (χ0v) is 18.1. The highest BCUT2D eigenvalue weighted by atomic mass is 19.1. The van der Waals surface area contributed by atoms with E-state index in [9.17, 15) is 9.18 Å². The van der Waals surface area contributed by atoms with Crippen molar-refractivity contribution < 1.29 is 13.9 Å². The molecule has 0 aliphatic heterocycles. The molecule has 2 aromatic carbocycles. The van der Waals surface area contributed by atoms with E-state index in [0.717, 1.165) is 27.7 Å². The van der Waals surface area contributed by atoms with Gasteiger partial charge in [0.25, 0.3) is 0 Å². The molecule has 33 heavy (non-hydrogen) atoms. The summed E-state index contributed by atoms with van der Waals surface area (Å²) in [4.78, 5) is 16.9. The van der Waals surface area contributed by atoms with Gasteiger partial charge in [0.15, 0.2) is 5.82 Å². The molecule has 0 bridgehead atoms. The SMILES string of the molecule is CCOC(=O)c1c(C)cn2ncnc(Nc3ccc4c(cnn4Cc4cccc(F)c4)c3)c12. The number of nitrogens with one attached hydrogen (secondary N) is 1. The van der Waals surface area contributed by atoms with Gasteiger partial charge in [0.2, 0.25) is 0 Å². The molecule has 5 rings (SSSR count).